The van der Waals surface area contributed by atoms with E-state index in [1.54, 1.807) is 30.7 Å². The number of aromatic nitrogens is 4. The van der Waals surface area contributed by atoms with E-state index in [-0.39, 0.29) is 30.6 Å². The van der Waals surface area contributed by atoms with Crippen LogP contribution in [-0.2, 0) is 29.2 Å². The minimum Gasteiger partial charge on any atom is -0.447 e. The monoisotopic (exact) mass is 594 g/mol. The molecule has 4 aromatic rings. The lowest BCUT2D eigenvalue weighted by Crippen LogP contribution is -2.43. The van der Waals surface area contributed by atoms with Crippen LogP contribution in [0.2, 0.25) is 5.02 Å². The minimum atomic E-state index is -0.661. The molecule has 0 bridgehead atoms. The lowest BCUT2D eigenvalue weighted by atomic mass is 10.1. The second-order valence-corrected chi connectivity index (χ2v) is 10.5. The van der Waals surface area contributed by atoms with Gasteiger partial charge in [-0.05, 0) is 42.5 Å². The van der Waals surface area contributed by atoms with E-state index in [2.05, 4.69) is 36.0 Å². The fraction of sp³-hybridized carbons (Fsp3) is 0.345. The van der Waals surface area contributed by atoms with Gasteiger partial charge in [0.1, 0.15) is 30.4 Å². The normalized spacial score (nSPS) is 13.9. The summed E-state index contributed by atoms with van der Waals surface area (Å²) in [5, 5.41) is 18.6. The molecule has 1 aliphatic rings. The second-order valence-electron chi connectivity index (χ2n) is 10.1. The third kappa shape index (κ3) is 7.99. The largest absolute Gasteiger partial charge is 0.447 e. The maximum Gasteiger partial charge on any atom is 0.412 e. The molecule has 0 unspecified atom stereocenters. The van der Waals surface area contributed by atoms with Gasteiger partial charge in [0.15, 0.2) is 0 Å². The number of fused-ring (bicyclic) bond motifs is 2. The summed E-state index contributed by atoms with van der Waals surface area (Å²) < 4.78 is 21.2. The van der Waals surface area contributed by atoms with E-state index in [4.69, 9.17) is 16.3 Å². The molecule has 0 spiro atoms. The molecule has 13 heteroatoms. The molecule has 3 N–H and O–H groups in total. The van der Waals surface area contributed by atoms with Crippen LogP contribution < -0.4 is 16.0 Å². The summed E-state index contributed by atoms with van der Waals surface area (Å²) in [5.41, 5.74) is 0.556. The third-order valence-corrected chi connectivity index (χ3v) is 7.44. The van der Waals surface area contributed by atoms with Crippen molar-refractivity contribution >= 4 is 40.2 Å². The summed E-state index contributed by atoms with van der Waals surface area (Å²) in [7, 11) is 0. The van der Waals surface area contributed by atoms with E-state index in [0.29, 0.717) is 24.3 Å². The van der Waals surface area contributed by atoms with Gasteiger partial charge in [0.25, 0.3) is 0 Å². The van der Waals surface area contributed by atoms with Gasteiger partial charge >= 0.3 is 6.09 Å². The Kier molecular flexibility index (Phi) is 9.90. The number of hydrogen-bond donors (Lipinski definition) is 3. The van der Waals surface area contributed by atoms with Gasteiger partial charge < -0.3 is 19.9 Å². The average molecular weight is 595 g/mol. The number of amides is 2. The molecule has 11 nitrogen and oxygen atoms in total. The standard InChI is InChI=1S/C29H32ClFN8O3/c30-28-22(7-3-9-24(28)31)14-32-16-27(40)35-23(8-4-10-38-11-12-39-19-34-37-26(39)17-38)18-42-29(41)36-25-13-20-5-1-2-6-21(20)15-33-25/h1-3,5-7,9,13,15,19,23,32H,4,8,10-12,14,16-18H2,(H,35,40)(H,33,36,41)/t23-/m0/s1. The number of carbonyl (C=O) groups is 2. The van der Waals surface area contributed by atoms with Crippen molar-refractivity contribution in [3.05, 3.63) is 83.3 Å². The van der Waals surface area contributed by atoms with E-state index in [1.165, 1.54) is 6.07 Å². The van der Waals surface area contributed by atoms with Crippen LogP contribution in [0.3, 0.4) is 0 Å². The average Bonchev–Trinajstić information content (AvgIpc) is 3.46. The van der Waals surface area contributed by atoms with Gasteiger partial charge in [-0.1, -0.05) is 48.0 Å². The fourth-order valence-electron chi connectivity index (χ4n) is 4.81. The number of benzene rings is 2. The van der Waals surface area contributed by atoms with Gasteiger partial charge in [-0.2, -0.15) is 0 Å². The minimum absolute atomic E-state index is 0.0155. The molecule has 42 heavy (non-hydrogen) atoms. The first-order valence-corrected chi connectivity index (χ1v) is 14.1. The van der Waals surface area contributed by atoms with Gasteiger partial charge in [0, 0.05) is 31.2 Å². The van der Waals surface area contributed by atoms with E-state index < -0.39 is 18.0 Å². The molecule has 3 heterocycles. The highest BCUT2D eigenvalue weighted by molar-refractivity contribution is 6.31. The third-order valence-electron chi connectivity index (χ3n) is 7.02. The Morgan fingerprint density at radius 2 is 1.98 bits per heavy atom. The molecular formula is C29H32ClFN8O3. The van der Waals surface area contributed by atoms with Crippen molar-refractivity contribution in [3.63, 3.8) is 0 Å². The molecule has 0 saturated carbocycles. The zero-order valence-corrected chi connectivity index (χ0v) is 23.7. The van der Waals surface area contributed by atoms with Crippen LogP contribution in [0.25, 0.3) is 10.8 Å². The van der Waals surface area contributed by atoms with Crippen LogP contribution in [-0.4, -0.2) is 68.9 Å². The first kappa shape index (κ1) is 29.4. The SMILES string of the molecule is O=C(CNCc1cccc(F)c1Cl)N[C@@H](CCCN1CCn2cnnc2C1)COC(=O)Nc1cc2ccccc2cn1. The highest BCUT2D eigenvalue weighted by Gasteiger charge is 2.19. The summed E-state index contributed by atoms with van der Waals surface area (Å²) >= 11 is 6.01. The van der Waals surface area contributed by atoms with Gasteiger partial charge in [-0.3, -0.25) is 15.0 Å². The number of pyridine rings is 1. The van der Waals surface area contributed by atoms with Crippen LogP contribution in [0.4, 0.5) is 15.0 Å². The van der Waals surface area contributed by atoms with Crippen molar-refractivity contribution in [2.45, 2.75) is 38.5 Å². The lowest BCUT2D eigenvalue weighted by molar-refractivity contribution is -0.121. The summed E-state index contributed by atoms with van der Waals surface area (Å²) in [6, 6.07) is 13.6. The number of hydrogen-bond acceptors (Lipinski definition) is 8. The Morgan fingerprint density at radius 3 is 2.86 bits per heavy atom. The Labute approximate surface area is 247 Å². The van der Waals surface area contributed by atoms with E-state index in [1.807, 2.05) is 28.8 Å². The molecule has 1 atom stereocenters. The maximum absolute atomic E-state index is 13.7. The van der Waals surface area contributed by atoms with Crippen molar-refractivity contribution < 1.29 is 18.7 Å². The molecule has 2 amide bonds. The molecule has 1 aliphatic heterocycles. The van der Waals surface area contributed by atoms with Crippen molar-refractivity contribution in [1.82, 2.24) is 35.3 Å². The van der Waals surface area contributed by atoms with Crippen molar-refractivity contribution in [2.75, 3.05) is 31.6 Å². The number of anilines is 1. The Hall–Kier alpha value is -4.13. The summed E-state index contributed by atoms with van der Waals surface area (Å²) in [6.07, 6.45) is 4.12. The zero-order chi connectivity index (χ0) is 29.3. The van der Waals surface area contributed by atoms with Crippen molar-refractivity contribution in [1.29, 1.82) is 0 Å². The van der Waals surface area contributed by atoms with Crippen LogP contribution in [0.1, 0.15) is 24.2 Å². The quantitative estimate of drug-likeness (QED) is 0.226. The number of nitrogens with zero attached hydrogens (tertiary/aromatic N) is 5. The highest BCUT2D eigenvalue weighted by atomic mass is 35.5. The number of halogens is 2. The topological polar surface area (TPSA) is 126 Å². The predicted octanol–water partition coefficient (Wildman–Crippen LogP) is 3.74. The molecule has 0 saturated heterocycles. The Morgan fingerprint density at radius 1 is 1.12 bits per heavy atom. The van der Waals surface area contributed by atoms with Gasteiger partial charge in [0.05, 0.1) is 24.2 Å². The van der Waals surface area contributed by atoms with Gasteiger partial charge in [-0.25, -0.2) is 14.2 Å². The van der Waals surface area contributed by atoms with Crippen LogP contribution in [0.5, 0.6) is 0 Å². The molecule has 0 fully saturated rings. The predicted molar refractivity (Wildman–Crippen MR) is 156 cm³/mol. The van der Waals surface area contributed by atoms with E-state index in [9.17, 15) is 14.0 Å². The van der Waals surface area contributed by atoms with Crippen LogP contribution in [0.15, 0.2) is 61.1 Å². The number of ether oxygens (including phenoxy) is 1. The van der Waals surface area contributed by atoms with Gasteiger partial charge in [0.2, 0.25) is 5.91 Å². The summed E-state index contributed by atoms with van der Waals surface area (Å²) in [4.78, 5) is 31.9. The number of carbonyl (C=O) groups excluding carboxylic acids is 2. The molecule has 5 rings (SSSR count). The molecular weight excluding hydrogens is 563 g/mol. The Balaban J connectivity index is 1.13. The zero-order valence-electron chi connectivity index (χ0n) is 22.9. The Bertz CT molecular complexity index is 1530. The smallest absolute Gasteiger partial charge is 0.412 e. The second kappa shape index (κ2) is 14.2. The van der Waals surface area contributed by atoms with Crippen molar-refractivity contribution in [3.8, 4) is 0 Å². The fourth-order valence-corrected chi connectivity index (χ4v) is 5.00. The molecule has 2 aromatic carbocycles. The highest BCUT2D eigenvalue weighted by Crippen LogP contribution is 2.19. The first-order chi connectivity index (χ1) is 20.4. The molecule has 220 valence electrons. The van der Waals surface area contributed by atoms with E-state index >= 15 is 0 Å². The van der Waals surface area contributed by atoms with Gasteiger partial charge in [-0.15, -0.1) is 10.2 Å². The number of nitrogens with one attached hydrogen (secondary N) is 3. The summed E-state index contributed by atoms with van der Waals surface area (Å²) in [6.45, 7) is 3.41. The van der Waals surface area contributed by atoms with E-state index in [0.717, 1.165) is 42.7 Å². The molecule has 2 aromatic heterocycles. The molecule has 0 aliphatic carbocycles. The number of rotatable bonds is 12. The molecule has 0 radical (unpaired) electrons. The maximum atomic E-state index is 13.7. The summed E-state index contributed by atoms with van der Waals surface area (Å²) in [5.74, 6) is 0.512. The van der Waals surface area contributed by atoms with Crippen molar-refractivity contribution in [2.24, 2.45) is 0 Å². The van der Waals surface area contributed by atoms with Crippen LogP contribution in [0, 0.1) is 5.82 Å². The van der Waals surface area contributed by atoms with Crippen LogP contribution >= 0.6 is 11.6 Å². The first-order valence-electron chi connectivity index (χ1n) is 13.7. The lowest BCUT2D eigenvalue weighted by Gasteiger charge is -2.27.